The zero-order chi connectivity index (χ0) is 19.2. The molecule has 0 fully saturated rings. The average molecular weight is 427 g/mol. The molecule has 0 bridgehead atoms. The fourth-order valence-corrected chi connectivity index (χ4v) is 2.41. The van der Waals surface area contributed by atoms with E-state index in [2.05, 4.69) is 21.2 Å². The van der Waals surface area contributed by atoms with E-state index in [1.807, 2.05) is 24.3 Å². The number of anilines is 1. The molecule has 2 aromatic carbocycles. The Labute approximate surface area is 156 Å². The van der Waals surface area contributed by atoms with Gasteiger partial charge in [0.05, 0.1) is 0 Å². The van der Waals surface area contributed by atoms with Crippen LogP contribution in [0.4, 0.5) is 18.9 Å². The van der Waals surface area contributed by atoms with Gasteiger partial charge in [-0.15, -0.1) is 0 Å². The van der Waals surface area contributed by atoms with E-state index in [-0.39, 0.29) is 18.1 Å². The Balaban J connectivity index is 1.92. The minimum atomic E-state index is -4.96. The summed E-state index contributed by atoms with van der Waals surface area (Å²) in [5.74, 6) is -2.40. The molecule has 0 saturated heterocycles. The third-order valence-electron chi connectivity index (χ3n) is 3.18. The third-order valence-corrected chi connectivity index (χ3v) is 3.68. The van der Waals surface area contributed by atoms with Gasteiger partial charge >= 0.3 is 12.1 Å². The van der Waals surface area contributed by atoms with Crippen molar-refractivity contribution in [2.45, 2.75) is 12.7 Å². The summed E-state index contributed by atoms with van der Waals surface area (Å²) in [6.45, 7) is 0.109. The molecule has 0 aliphatic heterocycles. The van der Waals surface area contributed by atoms with Crippen molar-refractivity contribution in [3.05, 3.63) is 70.2 Å². The van der Waals surface area contributed by atoms with Gasteiger partial charge in [-0.25, -0.2) is 0 Å². The summed E-state index contributed by atoms with van der Waals surface area (Å²) in [7, 11) is 0. The lowest BCUT2D eigenvalue weighted by Gasteiger charge is -2.09. The highest BCUT2D eigenvalue weighted by Gasteiger charge is 2.38. The lowest BCUT2D eigenvalue weighted by Crippen LogP contribution is -2.30. The maximum Gasteiger partial charge on any atom is 0.471 e. The number of carbonyl (C=O) groups excluding carboxylic acids is 2. The largest absolute Gasteiger partial charge is 0.471 e. The molecule has 2 amide bonds. The predicted molar refractivity (Wildman–Crippen MR) is 96.1 cm³/mol. The third kappa shape index (κ3) is 6.36. The molecule has 0 heterocycles. The molecule has 0 aliphatic carbocycles. The zero-order valence-electron chi connectivity index (χ0n) is 13.3. The highest BCUT2D eigenvalue weighted by molar-refractivity contribution is 9.10. The first-order chi connectivity index (χ1) is 12.2. The Morgan fingerprint density at radius 2 is 1.81 bits per heavy atom. The van der Waals surface area contributed by atoms with Crippen molar-refractivity contribution < 1.29 is 22.8 Å². The van der Waals surface area contributed by atoms with E-state index in [1.165, 1.54) is 24.3 Å². The second-order valence-electron chi connectivity index (χ2n) is 5.26. The maximum absolute atomic E-state index is 12.3. The summed E-state index contributed by atoms with van der Waals surface area (Å²) in [6, 6.07) is 13.2. The first-order valence-corrected chi connectivity index (χ1v) is 8.22. The molecule has 0 radical (unpaired) electrons. The Morgan fingerprint density at radius 3 is 2.50 bits per heavy atom. The molecule has 0 unspecified atom stereocenters. The standard InChI is InChI=1S/C18H14BrF3N2O2/c19-14-5-1-3-12(9-14)7-8-16(25)23-11-13-4-2-6-15(10-13)24-17(26)18(20,21)22/h1-10H,11H2,(H,23,25)(H,24,26)/b8-7+. The molecular weight excluding hydrogens is 413 g/mol. The van der Waals surface area contributed by atoms with Crippen LogP contribution in [0.3, 0.4) is 0 Å². The van der Waals surface area contributed by atoms with Crippen LogP contribution in [0.1, 0.15) is 11.1 Å². The van der Waals surface area contributed by atoms with Crippen LogP contribution in [0, 0.1) is 0 Å². The minimum absolute atomic E-state index is 0.00347. The maximum atomic E-state index is 12.3. The number of amides is 2. The SMILES string of the molecule is O=C(/C=C/c1cccc(Br)c1)NCc1cccc(NC(=O)C(F)(F)F)c1. The molecular formula is C18H14BrF3N2O2. The van der Waals surface area contributed by atoms with Crippen LogP contribution >= 0.6 is 15.9 Å². The van der Waals surface area contributed by atoms with Crippen LogP contribution in [0.5, 0.6) is 0 Å². The monoisotopic (exact) mass is 426 g/mol. The van der Waals surface area contributed by atoms with Crippen molar-refractivity contribution in [2.24, 2.45) is 0 Å². The summed E-state index contributed by atoms with van der Waals surface area (Å²) in [4.78, 5) is 22.8. The number of carbonyl (C=O) groups is 2. The van der Waals surface area contributed by atoms with Crippen LogP contribution in [-0.4, -0.2) is 18.0 Å². The summed E-state index contributed by atoms with van der Waals surface area (Å²) in [5.41, 5.74) is 1.39. The molecule has 8 heteroatoms. The molecule has 26 heavy (non-hydrogen) atoms. The summed E-state index contributed by atoms with van der Waals surface area (Å²) < 4.78 is 37.7. The normalized spacial score (nSPS) is 11.4. The molecule has 0 aliphatic rings. The topological polar surface area (TPSA) is 58.2 Å². The van der Waals surface area contributed by atoms with E-state index in [0.717, 1.165) is 10.0 Å². The van der Waals surface area contributed by atoms with E-state index in [9.17, 15) is 22.8 Å². The number of halogens is 4. The van der Waals surface area contributed by atoms with E-state index in [4.69, 9.17) is 0 Å². The second kappa shape index (κ2) is 8.66. The number of alkyl halides is 3. The quantitative estimate of drug-likeness (QED) is 0.701. The van der Waals surface area contributed by atoms with Crippen LogP contribution in [0.2, 0.25) is 0 Å². The number of hydrogen-bond acceptors (Lipinski definition) is 2. The van der Waals surface area contributed by atoms with E-state index in [0.29, 0.717) is 5.56 Å². The van der Waals surface area contributed by atoms with E-state index in [1.54, 1.807) is 17.5 Å². The molecule has 0 saturated carbocycles. The summed E-state index contributed by atoms with van der Waals surface area (Å²) in [5, 5.41) is 4.39. The Morgan fingerprint density at radius 1 is 1.08 bits per heavy atom. The van der Waals surface area contributed by atoms with Gasteiger partial charge in [-0.2, -0.15) is 13.2 Å². The number of rotatable bonds is 5. The number of benzene rings is 2. The molecule has 0 atom stereocenters. The second-order valence-corrected chi connectivity index (χ2v) is 6.17. The average Bonchev–Trinajstić information content (AvgIpc) is 2.58. The fourth-order valence-electron chi connectivity index (χ4n) is 1.99. The highest BCUT2D eigenvalue weighted by Crippen LogP contribution is 2.19. The lowest BCUT2D eigenvalue weighted by molar-refractivity contribution is -0.167. The van der Waals surface area contributed by atoms with Gasteiger partial charge < -0.3 is 10.6 Å². The molecule has 2 N–H and O–H groups in total. The Hall–Kier alpha value is -2.61. The zero-order valence-corrected chi connectivity index (χ0v) is 14.9. The molecule has 2 aromatic rings. The molecule has 0 spiro atoms. The van der Waals surface area contributed by atoms with Crippen molar-refractivity contribution in [1.29, 1.82) is 0 Å². The van der Waals surface area contributed by atoms with Crippen molar-refractivity contribution in [3.8, 4) is 0 Å². The van der Waals surface area contributed by atoms with Crippen LogP contribution in [0.25, 0.3) is 6.08 Å². The first kappa shape index (κ1) is 19.7. The smallest absolute Gasteiger partial charge is 0.348 e. The Bertz CT molecular complexity index is 835. The Kier molecular flexibility index (Phi) is 6.57. The first-order valence-electron chi connectivity index (χ1n) is 7.42. The summed E-state index contributed by atoms with van der Waals surface area (Å²) in [6.07, 6.45) is -1.96. The van der Waals surface area contributed by atoms with Crippen molar-refractivity contribution in [3.63, 3.8) is 0 Å². The van der Waals surface area contributed by atoms with Gasteiger partial charge in [0.25, 0.3) is 0 Å². The van der Waals surface area contributed by atoms with Gasteiger partial charge in [-0.1, -0.05) is 40.2 Å². The lowest BCUT2D eigenvalue weighted by atomic mass is 10.2. The van der Waals surface area contributed by atoms with Gasteiger partial charge in [0.15, 0.2) is 0 Å². The van der Waals surface area contributed by atoms with E-state index >= 15 is 0 Å². The van der Waals surface area contributed by atoms with Gasteiger partial charge in [-0.05, 0) is 41.5 Å². The summed E-state index contributed by atoms with van der Waals surface area (Å²) >= 11 is 3.33. The molecule has 0 aromatic heterocycles. The van der Waals surface area contributed by atoms with Crippen molar-refractivity contribution in [1.82, 2.24) is 5.32 Å². The highest BCUT2D eigenvalue weighted by atomic mass is 79.9. The molecule has 2 rings (SSSR count). The van der Waals surface area contributed by atoms with Crippen molar-refractivity contribution >= 4 is 39.5 Å². The van der Waals surface area contributed by atoms with Gasteiger partial charge in [0.2, 0.25) is 5.91 Å². The number of hydrogen-bond donors (Lipinski definition) is 2. The number of nitrogens with one attached hydrogen (secondary N) is 2. The minimum Gasteiger partial charge on any atom is -0.348 e. The van der Waals surface area contributed by atoms with Crippen molar-refractivity contribution in [2.75, 3.05) is 5.32 Å². The van der Waals surface area contributed by atoms with Crippen LogP contribution in [-0.2, 0) is 16.1 Å². The molecule has 136 valence electrons. The van der Waals surface area contributed by atoms with Gasteiger partial charge in [-0.3, -0.25) is 9.59 Å². The van der Waals surface area contributed by atoms with E-state index < -0.39 is 12.1 Å². The van der Waals surface area contributed by atoms with Crippen LogP contribution in [0.15, 0.2) is 59.1 Å². The van der Waals surface area contributed by atoms with Gasteiger partial charge in [0, 0.05) is 22.8 Å². The predicted octanol–water partition coefficient (Wildman–Crippen LogP) is 4.28. The van der Waals surface area contributed by atoms with Crippen LogP contribution < -0.4 is 10.6 Å². The fraction of sp³-hybridized carbons (Fsp3) is 0.111. The molecule has 4 nitrogen and oxygen atoms in total. The van der Waals surface area contributed by atoms with Gasteiger partial charge in [0.1, 0.15) is 0 Å².